The summed E-state index contributed by atoms with van der Waals surface area (Å²) in [6, 6.07) is -2.17. The second kappa shape index (κ2) is 66.2. The number of hydrogen-bond donors (Lipinski definition) is 4. The van der Waals surface area contributed by atoms with Crippen molar-refractivity contribution in [2.24, 2.45) is 0 Å². The van der Waals surface area contributed by atoms with Crippen LogP contribution in [0.5, 0.6) is 0 Å². The summed E-state index contributed by atoms with van der Waals surface area (Å²) in [7, 11) is 5.04. The van der Waals surface area contributed by atoms with Gasteiger partial charge in [0.15, 0.2) is 49.2 Å². The largest absolute Gasteiger partial charge is 0.468 e. The number of amides is 1. The summed E-state index contributed by atoms with van der Waals surface area (Å²) < 4.78 is 135. The van der Waals surface area contributed by atoms with Gasteiger partial charge in [0.1, 0.15) is 35.9 Å². The van der Waals surface area contributed by atoms with Crippen LogP contribution in [-0.2, 0) is 115 Å². The zero-order valence-corrected chi connectivity index (χ0v) is 90.6. The van der Waals surface area contributed by atoms with Crippen LogP contribution in [0.3, 0.4) is 0 Å². The summed E-state index contributed by atoms with van der Waals surface area (Å²) >= 11 is 18.0. The van der Waals surface area contributed by atoms with E-state index < -0.39 is 91.3 Å². The number of piperazine rings is 2. The number of thioether (sulfide) groups is 1. The number of esters is 4. The number of hydrogen-bond acceptors (Lipinski definition) is 29. The second-order valence-electron chi connectivity index (χ2n) is 22.4. The molecule has 8 fully saturated rings. The number of carbonyl (C=O) groups is 6. The molecule has 105 heavy (non-hydrogen) atoms. The summed E-state index contributed by atoms with van der Waals surface area (Å²) in [6.07, 6.45) is 1.80. The maximum atomic E-state index is 11.4. The van der Waals surface area contributed by atoms with Gasteiger partial charge in [-0.05, 0) is 59.3 Å². The van der Waals surface area contributed by atoms with Gasteiger partial charge in [-0.1, -0.05) is 181 Å². The fraction of sp³-hybridized carbons (Fsp3) is 0.873. The van der Waals surface area contributed by atoms with Crippen molar-refractivity contribution in [2.75, 3.05) is 201 Å². The number of alkyl halides is 6. The van der Waals surface area contributed by atoms with Crippen LogP contribution in [0.15, 0.2) is 0 Å². The van der Waals surface area contributed by atoms with Crippen LogP contribution in [0.4, 0.5) is 0 Å². The first kappa shape index (κ1) is 119. The molecule has 12 unspecified atom stereocenters. The Kier molecular flexibility index (Phi) is 75.1. The van der Waals surface area contributed by atoms with Crippen molar-refractivity contribution in [2.45, 2.75) is 92.5 Å². The van der Waals surface area contributed by atoms with Gasteiger partial charge in [-0.15, -0.1) is 17.9 Å². The van der Waals surface area contributed by atoms with Crippen molar-refractivity contribution in [3.05, 3.63) is 4.43 Å². The standard InChI is InChI=1S/C9H17NO4S.C7H12N2O3S.C7H14N2O2S.C7H13NO4S.C7H13NO2S.C6H11NO4S.C2H3I3.C2H4I2.C2H5I.C2H4I.C2H12NOP7.C2H6.V/c1-3-4-10-5-6-15(12,13)7-8(10)9(11)14-2;10-7-6-5-13(11,12)4-3-9(6)2-1-8-7;10-12(11)4-3-9-2-1-8-5-7(9)6-12;1-8-3-4-13(10,11)5-6(8)7(9)12-2;1-8-3-4-11-5-6(8)7(9)10-2;1-11-6(8)5-4-12(9,10)3-2-7-5;1-2(3,4)5;1-2(3)4;2*1-2-3;4-2-1-3-9(5)11(8)10(6)7;1-2;/h8H,3-7H2,1-2H3;6H,1-5H2,(H,8,10);7-8H,1-6H2;6H,3-5H2,1-2H3;6H,3-5H2,1-2H3;5,7H,2-4H2,1H3;1H3;2H,1H3;2H2,1H3;2H,1H3;2-3H,1,5-8H2;1-2H3;/q;;;;;;;;;-1;;;. The third-order valence-electron chi connectivity index (χ3n) is 14.2. The maximum Gasteiger partial charge on any atom is 0.324 e. The van der Waals surface area contributed by atoms with E-state index in [1.807, 2.05) is 65.6 Å². The number of carbonyl (C=O) groups excluding carboxylic acids is 6. The Bertz CT molecular complexity index is 3000. The quantitative estimate of drug-likeness (QED) is 0.0323. The maximum absolute atomic E-state index is 11.4. The SMILES string of the molecule is CC.CC(I)(I)I.CC(I)I.CCCN1CCS(=O)(=O)CC1C(=O)OC.CCI.COC(=O)C1CS(=O)(=O)CCN1.COC(=O)C1CS(=O)(=O)CCN1C.COC(=O)C1CSCCN1C.C[CH-]I.O=C1NCCN2CCS(=O)(=O)CC12.O=CCNP(P)P(P)P(P)P.O=S1(=O)CCN2CCNCC2C1.[V]. The number of sulfone groups is 5. The number of aldehydes is 1. The molecule has 4 N–H and O–H groups in total. The predicted molar refractivity (Wildman–Crippen MR) is 507 cm³/mol. The molecule has 50 heteroatoms. The van der Waals surface area contributed by atoms with Crippen molar-refractivity contribution < 1.29 is 108 Å². The molecule has 8 aliphatic heterocycles. The first-order valence-corrected chi connectivity index (χ1v) is 63.0. The van der Waals surface area contributed by atoms with Gasteiger partial charge in [-0.3, -0.25) is 58.0 Å². The van der Waals surface area contributed by atoms with E-state index in [9.17, 15) is 70.9 Å². The Morgan fingerprint density at radius 2 is 1.10 bits per heavy atom. The normalized spacial score (nSPS) is 24.5. The topological polar surface area (TPSA) is 374 Å². The molecule has 0 aromatic heterocycles. The molecule has 0 spiro atoms. The van der Waals surface area contributed by atoms with Crippen molar-refractivity contribution in [3.63, 3.8) is 0 Å². The predicted octanol–water partition coefficient (Wildman–Crippen LogP) is 6.57. The Hall–Kier alpha value is 5.50. The third kappa shape index (κ3) is 60.6. The van der Waals surface area contributed by atoms with Crippen LogP contribution in [0.2, 0.25) is 0 Å². The molecule has 1 amide bonds. The van der Waals surface area contributed by atoms with Gasteiger partial charge in [0, 0.05) is 116 Å². The molecule has 8 rings (SSSR count). The molecule has 1 radical (unpaired) electrons. The number of rotatable bonds is 11. The Morgan fingerprint density at radius 3 is 1.56 bits per heavy atom. The van der Waals surface area contributed by atoms with Crippen LogP contribution in [0.25, 0.3) is 0 Å². The first-order valence-electron chi connectivity index (χ1n) is 32.3. The van der Waals surface area contributed by atoms with E-state index in [0.29, 0.717) is 50.2 Å². The van der Waals surface area contributed by atoms with E-state index in [1.54, 1.807) is 11.9 Å². The molecule has 0 aromatic rings. The number of ether oxygens (including phenoxy) is 4. The van der Waals surface area contributed by atoms with E-state index in [0.717, 1.165) is 72.0 Å². The average molecular weight is 2570 g/mol. The van der Waals surface area contributed by atoms with E-state index >= 15 is 0 Å². The van der Waals surface area contributed by atoms with Gasteiger partial charge in [0.25, 0.3) is 0 Å². The Balaban J connectivity index is -0.000000357. The Labute approximate surface area is 753 Å². The molecule has 12 atom stereocenters. The zero-order valence-electron chi connectivity index (χ0n) is 61.9. The van der Waals surface area contributed by atoms with Crippen LogP contribution >= 0.6 is 227 Å². The summed E-state index contributed by atoms with van der Waals surface area (Å²) in [4.78, 5) is 75.7. The first-order chi connectivity index (χ1) is 48.2. The second-order valence-corrected chi connectivity index (χ2v) is 79.6. The average Bonchev–Trinajstić information content (AvgIpc) is 0.850. The number of likely N-dealkylation sites (N-methyl/N-ethyl adjacent to an activating group) is 2. The van der Waals surface area contributed by atoms with Gasteiger partial charge in [0.05, 0.1) is 94.4 Å². The molecule has 29 nitrogen and oxygen atoms in total. The van der Waals surface area contributed by atoms with E-state index in [4.69, 9.17) is 0 Å². The minimum atomic E-state index is -3.08. The summed E-state index contributed by atoms with van der Waals surface area (Å²) in [6.45, 7) is 23.1. The number of halogens is 7. The van der Waals surface area contributed by atoms with Gasteiger partial charge in [0.2, 0.25) is 5.91 Å². The fourth-order valence-corrected chi connectivity index (χ4v) is 39.2. The van der Waals surface area contributed by atoms with Gasteiger partial charge in [-0.25, -0.2) is 42.1 Å². The van der Waals surface area contributed by atoms with Gasteiger partial charge < -0.3 is 62.3 Å². The third-order valence-corrected chi connectivity index (χ3v) is 56.0. The molecular formula is C55H114I7N9O20P7S6V-. The number of nitrogens with one attached hydrogen (secondary N) is 4. The smallest absolute Gasteiger partial charge is 0.324 e. The van der Waals surface area contributed by atoms with Crippen LogP contribution in [0, 0.1) is 4.43 Å². The minimum absolute atomic E-state index is 0. The monoisotopic (exact) mass is 2570 g/mol. The van der Waals surface area contributed by atoms with Crippen molar-refractivity contribution in [3.8, 4) is 0 Å². The van der Waals surface area contributed by atoms with Crippen LogP contribution < -0.4 is 21.0 Å². The molecule has 8 heterocycles. The Morgan fingerprint density at radius 1 is 0.676 bits per heavy atom. The van der Waals surface area contributed by atoms with Crippen molar-refractivity contribution in [1.82, 2.24) is 45.5 Å². The van der Waals surface area contributed by atoms with E-state index in [-0.39, 0.29) is 110 Å². The summed E-state index contributed by atoms with van der Waals surface area (Å²) in [5, 5.41) is 11.8. The summed E-state index contributed by atoms with van der Waals surface area (Å²) in [5.41, 5.74) is 0. The van der Waals surface area contributed by atoms with Crippen molar-refractivity contribution >= 4 is 312 Å². The fourth-order valence-electron chi connectivity index (χ4n) is 9.17. The number of fused-ring (bicyclic) bond motifs is 2. The van der Waals surface area contributed by atoms with E-state index in [1.165, 1.54) is 32.9 Å². The zero-order chi connectivity index (χ0) is 81.4. The molecule has 625 valence electrons. The molecule has 0 aliphatic carbocycles. The number of methoxy groups -OCH3 is 4. The molecule has 8 saturated heterocycles. The molecule has 0 saturated carbocycles. The molecule has 8 aliphatic rings. The molecular weight excluding hydrogens is 2460 g/mol. The van der Waals surface area contributed by atoms with E-state index in [2.05, 4.69) is 260 Å². The summed E-state index contributed by atoms with van der Waals surface area (Å²) in [5.74, 6) is 1.12. The molecule has 0 bridgehead atoms. The number of nitrogens with zero attached hydrogens (tertiary/aromatic N) is 5. The van der Waals surface area contributed by atoms with Gasteiger partial charge in [-0.2, -0.15) is 18.7 Å². The molecule has 0 aromatic carbocycles. The van der Waals surface area contributed by atoms with Crippen LogP contribution in [0.1, 0.15) is 54.9 Å². The van der Waals surface area contributed by atoms with Crippen molar-refractivity contribution in [1.29, 1.82) is 0 Å². The van der Waals surface area contributed by atoms with Gasteiger partial charge >= 0.3 is 23.9 Å². The minimum Gasteiger partial charge on any atom is -0.468 e. The van der Waals surface area contributed by atoms with Crippen LogP contribution in [-0.4, -0.2) is 341 Å².